The standard InChI is InChI=1S/C16H14N2O5S/c17-16(19)10-2-5-15(12(8-10)18(20)21)24-11-3-4-13-14(9-11)23-7-1-6-22-13/h2-5,8-9H,1,6-7H2,(H2,17,19). The first-order chi connectivity index (χ1) is 11.5. The minimum absolute atomic E-state index is 0.102. The second-order valence-electron chi connectivity index (χ2n) is 5.06. The third-order valence-electron chi connectivity index (χ3n) is 3.39. The molecule has 2 aromatic rings. The molecule has 0 aliphatic carbocycles. The van der Waals surface area contributed by atoms with Crippen LogP contribution >= 0.6 is 11.8 Å². The summed E-state index contributed by atoms with van der Waals surface area (Å²) in [6.45, 7) is 1.16. The van der Waals surface area contributed by atoms with Crippen molar-refractivity contribution in [2.24, 2.45) is 5.73 Å². The van der Waals surface area contributed by atoms with E-state index in [1.807, 2.05) is 6.07 Å². The lowest BCUT2D eigenvalue weighted by atomic mass is 10.2. The molecule has 0 saturated heterocycles. The first-order valence-electron chi connectivity index (χ1n) is 7.20. The van der Waals surface area contributed by atoms with Crippen molar-refractivity contribution in [1.29, 1.82) is 0 Å². The SMILES string of the molecule is NC(=O)c1ccc(Sc2ccc3c(c2)OCCCO3)c([N+](=O)[O-])c1. The smallest absolute Gasteiger partial charge is 0.284 e. The van der Waals surface area contributed by atoms with Gasteiger partial charge in [0, 0.05) is 22.9 Å². The Morgan fingerprint density at radius 2 is 1.88 bits per heavy atom. The molecule has 1 aliphatic heterocycles. The lowest BCUT2D eigenvalue weighted by Gasteiger charge is -2.09. The molecule has 1 aliphatic rings. The van der Waals surface area contributed by atoms with Crippen molar-refractivity contribution in [2.45, 2.75) is 16.2 Å². The zero-order chi connectivity index (χ0) is 17.1. The summed E-state index contributed by atoms with van der Waals surface area (Å²) in [7, 11) is 0. The Labute approximate surface area is 141 Å². The molecule has 124 valence electrons. The highest BCUT2D eigenvalue weighted by Gasteiger charge is 2.19. The fourth-order valence-corrected chi connectivity index (χ4v) is 3.16. The van der Waals surface area contributed by atoms with Crippen molar-refractivity contribution in [3.8, 4) is 11.5 Å². The number of nitrogens with two attached hydrogens (primary N) is 1. The predicted octanol–water partition coefficient (Wildman–Crippen LogP) is 3.01. The summed E-state index contributed by atoms with van der Waals surface area (Å²) in [5.74, 6) is 0.578. The van der Waals surface area contributed by atoms with Crippen LogP contribution in [0.2, 0.25) is 0 Å². The first-order valence-corrected chi connectivity index (χ1v) is 8.02. The molecule has 2 aromatic carbocycles. The van der Waals surface area contributed by atoms with Crippen LogP contribution in [0.1, 0.15) is 16.8 Å². The second-order valence-corrected chi connectivity index (χ2v) is 6.18. The number of rotatable bonds is 4. The molecule has 0 spiro atoms. The fourth-order valence-electron chi connectivity index (χ4n) is 2.23. The highest BCUT2D eigenvalue weighted by atomic mass is 32.2. The van der Waals surface area contributed by atoms with Crippen molar-refractivity contribution >= 4 is 23.4 Å². The number of nitrogens with zero attached hydrogens (tertiary/aromatic N) is 1. The van der Waals surface area contributed by atoms with Crippen molar-refractivity contribution in [2.75, 3.05) is 13.2 Å². The minimum Gasteiger partial charge on any atom is -0.490 e. The average molecular weight is 346 g/mol. The molecule has 0 radical (unpaired) electrons. The van der Waals surface area contributed by atoms with E-state index in [0.717, 1.165) is 11.3 Å². The van der Waals surface area contributed by atoms with E-state index in [2.05, 4.69) is 0 Å². The molecule has 0 atom stereocenters. The lowest BCUT2D eigenvalue weighted by Crippen LogP contribution is -2.11. The number of hydrogen-bond acceptors (Lipinski definition) is 6. The molecule has 7 nitrogen and oxygen atoms in total. The van der Waals surface area contributed by atoms with E-state index in [9.17, 15) is 14.9 Å². The van der Waals surface area contributed by atoms with Crippen LogP contribution < -0.4 is 15.2 Å². The normalized spacial score (nSPS) is 13.2. The van der Waals surface area contributed by atoms with E-state index >= 15 is 0 Å². The largest absolute Gasteiger partial charge is 0.490 e. The van der Waals surface area contributed by atoms with Crippen molar-refractivity contribution < 1.29 is 19.2 Å². The number of carbonyl (C=O) groups excluding carboxylic acids is 1. The molecule has 0 aromatic heterocycles. The summed E-state index contributed by atoms with van der Waals surface area (Å²) in [5.41, 5.74) is 5.12. The summed E-state index contributed by atoms with van der Waals surface area (Å²) in [5, 5.41) is 11.3. The van der Waals surface area contributed by atoms with Gasteiger partial charge < -0.3 is 15.2 Å². The lowest BCUT2D eigenvalue weighted by molar-refractivity contribution is -0.387. The average Bonchev–Trinajstić information content (AvgIpc) is 2.79. The van der Waals surface area contributed by atoms with Crippen LogP contribution in [-0.2, 0) is 0 Å². The molecular formula is C16H14N2O5S. The van der Waals surface area contributed by atoms with Gasteiger partial charge in [0.15, 0.2) is 11.5 Å². The Morgan fingerprint density at radius 1 is 1.12 bits per heavy atom. The highest BCUT2D eigenvalue weighted by Crippen LogP contribution is 2.39. The zero-order valence-corrected chi connectivity index (χ0v) is 13.4. The van der Waals surface area contributed by atoms with Crippen LogP contribution in [0.25, 0.3) is 0 Å². The third-order valence-corrected chi connectivity index (χ3v) is 4.44. The maximum atomic E-state index is 11.3. The van der Waals surface area contributed by atoms with Gasteiger partial charge in [-0.2, -0.15) is 0 Å². The minimum atomic E-state index is -0.703. The van der Waals surface area contributed by atoms with Crippen molar-refractivity contribution in [3.05, 3.63) is 52.1 Å². The Bertz CT molecular complexity index is 809. The Morgan fingerprint density at radius 3 is 2.58 bits per heavy atom. The first kappa shape index (κ1) is 16.1. The Hall–Kier alpha value is -2.74. The van der Waals surface area contributed by atoms with Crippen LogP contribution in [0.5, 0.6) is 11.5 Å². The van der Waals surface area contributed by atoms with Crippen LogP contribution in [0.15, 0.2) is 46.2 Å². The second kappa shape index (κ2) is 6.79. The monoisotopic (exact) mass is 346 g/mol. The van der Waals surface area contributed by atoms with Gasteiger partial charge in [-0.15, -0.1) is 0 Å². The van der Waals surface area contributed by atoms with Gasteiger partial charge in [-0.05, 0) is 30.3 Å². The maximum Gasteiger partial charge on any atom is 0.284 e. The number of primary amides is 1. The van der Waals surface area contributed by atoms with Crippen LogP contribution in [0, 0.1) is 10.1 Å². The Kier molecular flexibility index (Phi) is 4.57. The van der Waals surface area contributed by atoms with Crippen molar-refractivity contribution in [3.63, 3.8) is 0 Å². The van der Waals surface area contributed by atoms with E-state index in [1.54, 1.807) is 12.1 Å². The number of amides is 1. The number of nitro groups is 1. The van der Waals surface area contributed by atoms with E-state index in [-0.39, 0.29) is 11.3 Å². The molecule has 0 saturated carbocycles. The van der Waals surface area contributed by atoms with Gasteiger partial charge in [0.05, 0.1) is 23.0 Å². The topological polar surface area (TPSA) is 105 Å². The molecule has 2 N–H and O–H groups in total. The van der Waals surface area contributed by atoms with Gasteiger partial charge in [0.2, 0.25) is 5.91 Å². The summed E-state index contributed by atoms with van der Waals surface area (Å²) < 4.78 is 11.2. The number of nitro benzene ring substituents is 1. The van der Waals surface area contributed by atoms with Gasteiger partial charge in [-0.25, -0.2) is 0 Å². The highest BCUT2D eigenvalue weighted by molar-refractivity contribution is 7.99. The molecule has 1 amide bonds. The molecule has 0 fully saturated rings. The summed E-state index contributed by atoms with van der Waals surface area (Å²) in [4.78, 5) is 23.1. The van der Waals surface area contributed by atoms with E-state index < -0.39 is 10.8 Å². The zero-order valence-electron chi connectivity index (χ0n) is 12.6. The van der Waals surface area contributed by atoms with E-state index in [4.69, 9.17) is 15.2 Å². The number of ether oxygens (including phenoxy) is 2. The molecule has 0 bridgehead atoms. The van der Waals surface area contributed by atoms with Gasteiger partial charge in [0.25, 0.3) is 5.69 Å². The third kappa shape index (κ3) is 3.43. The molecule has 8 heteroatoms. The fraction of sp³-hybridized carbons (Fsp3) is 0.188. The summed E-state index contributed by atoms with van der Waals surface area (Å²) in [6, 6.07) is 9.56. The van der Waals surface area contributed by atoms with Gasteiger partial charge in [0.1, 0.15) is 0 Å². The van der Waals surface area contributed by atoms with Gasteiger partial charge in [-0.1, -0.05) is 11.8 Å². The summed E-state index contributed by atoms with van der Waals surface area (Å²) in [6.07, 6.45) is 0.803. The van der Waals surface area contributed by atoms with Crippen LogP contribution in [-0.4, -0.2) is 24.0 Å². The Balaban J connectivity index is 1.92. The van der Waals surface area contributed by atoms with E-state index in [0.29, 0.717) is 29.6 Å². The molecule has 1 heterocycles. The van der Waals surface area contributed by atoms with E-state index in [1.165, 1.54) is 30.0 Å². The van der Waals surface area contributed by atoms with Gasteiger partial charge in [-0.3, -0.25) is 14.9 Å². The van der Waals surface area contributed by atoms with Crippen molar-refractivity contribution in [1.82, 2.24) is 0 Å². The summed E-state index contributed by atoms with van der Waals surface area (Å²) >= 11 is 1.21. The predicted molar refractivity (Wildman–Crippen MR) is 87.8 cm³/mol. The number of fused-ring (bicyclic) bond motifs is 1. The van der Waals surface area contributed by atoms with Crippen LogP contribution in [0.3, 0.4) is 0 Å². The van der Waals surface area contributed by atoms with Crippen LogP contribution in [0.4, 0.5) is 5.69 Å². The van der Waals surface area contributed by atoms with Gasteiger partial charge >= 0.3 is 0 Å². The molecular weight excluding hydrogens is 332 g/mol. The quantitative estimate of drug-likeness (QED) is 0.674. The number of hydrogen-bond donors (Lipinski definition) is 1. The molecule has 3 rings (SSSR count). The maximum absolute atomic E-state index is 11.3. The number of benzene rings is 2. The molecule has 24 heavy (non-hydrogen) atoms. The number of carbonyl (C=O) groups is 1. The molecule has 0 unspecified atom stereocenters.